The summed E-state index contributed by atoms with van der Waals surface area (Å²) in [6, 6.07) is 6.09. The number of β-amino-alcohol motifs (C(OH)–C–C–N with tert-alkyl or cyclic N) is 1. The van der Waals surface area contributed by atoms with E-state index in [9.17, 15) is 5.11 Å². The molecule has 17 heavy (non-hydrogen) atoms. The lowest BCUT2D eigenvalue weighted by Gasteiger charge is -2.35. The molecule has 1 aliphatic heterocycles. The molecule has 1 N–H and O–H groups in total. The van der Waals surface area contributed by atoms with E-state index in [0.717, 1.165) is 24.4 Å². The predicted molar refractivity (Wildman–Crippen MR) is 67.2 cm³/mol. The molecule has 2 atom stereocenters. The van der Waals surface area contributed by atoms with Gasteiger partial charge in [0.1, 0.15) is 11.5 Å². The summed E-state index contributed by atoms with van der Waals surface area (Å²) in [5.41, 5.74) is 0.954. The van der Waals surface area contributed by atoms with Crippen molar-refractivity contribution in [3.8, 4) is 0 Å². The van der Waals surface area contributed by atoms with Gasteiger partial charge < -0.3 is 10.0 Å². The maximum atomic E-state index is 9.97. The van der Waals surface area contributed by atoms with Crippen LogP contribution < -0.4 is 4.90 Å². The number of piperidine rings is 1. The average Bonchev–Trinajstić information content (AvgIpc) is 2.80. The number of imidazole rings is 1. The summed E-state index contributed by atoms with van der Waals surface area (Å²) in [4.78, 5) is 6.52. The maximum absolute atomic E-state index is 9.97. The molecule has 0 radical (unpaired) electrons. The molecule has 1 aliphatic rings. The quantitative estimate of drug-likeness (QED) is 0.809. The summed E-state index contributed by atoms with van der Waals surface area (Å²) in [7, 11) is 0. The van der Waals surface area contributed by atoms with Crippen molar-refractivity contribution in [2.24, 2.45) is 5.92 Å². The Morgan fingerprint density at radius 2 is 2.29 bits per heavy atom. The number of anilines is 1. The second kappa shape index (κ2) is 4.04. The van der Waals surface area contributed by atoms with Crippen molar-refractivity contribution in [3.05, 3.63) is 30.6 Å². The van der Waals surface area contributed by atoms with Crippen LogP contribution in [0, 0.1) is 5.92 Å². The summed E-state index contributed by atoms with van der Waals surface area (Å²) in [6.45, 7) is 3.81. The lowest BCUT2D eigenvalue weighted by Crippen LogP contribution is -2.43. The van der Waals surface area contributed by atoms with Gasteiger partial charge in [0, 0.05) is 25.5 Å². The molecule has 2 aromatic heterocycles. The highest BCUT2D eigenvalue weighted by atomic mass is 16.3. The van der Waals surface area contributed by atoms with Gasteiger partial charge in [-0.15, -0.1) is 0 Å². The van der Waals surface area contributed by atoms with E-state index in [2.05, 4.69) is 27.3 Å². The number of aliphatic hydroxyl groups excluding tert-OH is 1. The Morgan fingerprint density at radius 3 is 3.12 bits per heavy atom. The van der Waals surface area contributed by atoms with Crippen molar-refractivity contribution >= 4 is 11.5 Å². The van der Waals surface area contributed by atoms with Crippen LogP contribution in [0.1, 0.15) is 13.3 Å². The van der Waals surface area contributed by atoms with Gasteiger partial charge in [-0.1, -0.05) is 13.0 Å². The zero-order valence-corrected chi connectivity index (χ0v) is 9.95. The normalized spacial score (nSPS) is 25.4. The lowest BCUT2D eigenvalue weighted by atomic mass is 9.96. The first kappa shape index (κ1) is 10.6. The molecule has 4 nitrogen and oxygen atoms in total. The largest absolute Gasteiger partial charge is 0.391 e. The van der Waals surface area contributed by atoms with E-state index in [-0.39, 0.29) is 6.10 Å². The molecule has 0 amide bonds. The van der Waals surface area contributed by atoms with Crippen LogP contribution in [-0.2, 0) is 0 Å². The Kier molecular flexibility index (Phi) is 2.52. The van der Waals surface area contributed by atoms with Crippen LogP contribution in [0.4, 0.5) is 5.82 Å². The van der Waals surface area contributed by atoms with Crippen LogP contribution in [0.5, 0.6) is 0 Å². The van der Waals surface area contributed by atoms with Crippen molar-refractivity contribution in [2.75, 3.05) is 18.0 Å². The minimum absolute atomic E-state index is 0.234. The van der Waals surface area contributed by atoms with Crippen LogP contribution in [0.25, 0.3) is 5.65 Å². The van der Waals surface area contributed by atoms with Gasteiger partial charge in [0.2, 0.25) is 0 Å². The molecule has 0 saturated carbocycles. The number of aromatic nitrogens is 2. The Balaban J connectivity index is 1.96. The van der Waals surface area contributed by atoms with Gasteiger partial charge >= 0.3 is 0 Å². The zero-order chi connectivity index (χ0) is 11.8. The predicted octanol–water partition coefficient (Wildman–Crippen LogP) is 1.54. The second-order valence-corrected chi connectivity index (χ2v) is 4.82. The molecule has 90 valence electrons. The van der Waals surface area contributed by atoms with Crippen LogP contribution in [-0.4, -0.2) is 33.7 Å². The average molecular weight is 231 g/mol. The van der Waals surface area contributed by atoms with Gasteiger partial charge in [-0.25, -0.2) is 4.98 Å². The molecule has 0 spiro atoms. The number of rotatable bonds is 1. The number of hydrogen-bond donors (Lipinski definition) is 1. The van der Waals surface area contributed by atoms with E-state index in [4.69, 9.17) is 0 Å². The van der Waals surface area contributed by atoms with Gasteiger partial charge in [-0.05, 0) is 24.5 Å². The SMILES string of the molecule is CC1CCN(c2cccc3nccn23)CC1O. The highest BCUT2D eigenvalue weighted by Crippen LogP contribution is 2.23. The minimum atomic E-state index is -0.234. The smallest absolute Gasteiger partial charge is 0.138 e. The summed E-state index contributed by atoms with van der Waals surface area (Å²) >= 11 is 0. The Morgan fingerprint density at radius 1 is 1.41 bits per heavy atom. The summed E-state index contributed by atoms with van der Waals surface area (Å²) in [5.74, 6) is 1.51. The summed E-state index contributed by atoms with van der Waals surface area (Å²) in [5, 5.41) is 9.97. The van der Waals surface area contributed by atoms with E-state index in [0.29, 0.717) is 12.5 Å². The number of aliphatic hydroxyl groups is 1. The first-order chi connectivity index (χ1) is 8.25. The van der Waals surface area contributed by atoms with Gasteiger partial charge in [-0.2, -0.15) is 0 Å². The van der Waals surface area contributed by atoms with Gasteiger partial charge in [-0.3, -0.25) is 4.40 Å². The summed E-state index contributed by atoms with van der Waals surface area (Å²) < 4.78 is 2.07. The first-order valence-corrected chi connectivity index (χ1v) is 6.11. The highest BCUT2D eigenvalue weighted by Gasteiger charge is 2.25. The standard InChI is InChI=1S/C13H17N3O/c1-10-5-7-15(9-11(10)17)13-4-2-3-12-14-6-8-16(12)13/h2-4,6,8,10-11,17H,5,7,9H2,1H3. The van der Waals surface area contributed by atoms with Crippen LogP contribution in [0.2, 0.25) is 0 Å². The third-order valence-electron chi connectivity index (χ3n) is 3.65. The number of nitrogens with zero attached hydrogens (tertiary/aromatic N) is 3. The minimum Gasteiger partial charge on any atom is -0.391 e. The number of hydrogen-bond acceptors (Lipinski definition) is 3. The fraction of sp³-hybridized carbons (Fsp3) is 0.462. The molecular formula is C13H17N3O. The van der Waals surface area contributed by atoms with E-state index in [1.807, 2.05) is 24.5 Å². The van der Waals surface area contributed by atoms with Gasteiger partial charge in [0.05, 0.1) is 6.10 Å². The Hall–Kier alpha value is -1.55. The van der Waals surface area contributed by atoms with Crippen LogP contribution >= 0.6 is 0 Å². The third kappa shape index (κ3) is 1.78. The molecule has 1 fully saturated rings. The molecule has 1 saturated heterocycles. The number of pyridine rings is 1. The number of fused-ring (bicyclic) bond motifs is 1. The van der Waals surface area contributed by atoms with Gasteiger partial charge in [0.25, 0.3) is 0 Å². The molecule has 0 aliphatic carbocycles. The molecule has 3 heterocycles. The molecule has 0 aromatic carbocycles. The zero-order valence-electron chi connectivity index (χ0n) is 9.95. The van der Waals surface area contributed by atoms with Crippen LogP contribution in [0.15, 0.2) is 30.6 Å². The fourth-order valence-electron chi connectivity index (χ4n) is 2.45. The van der Waals surface area contributed by atoms with Crippen LogP contribution in [0.3, 0.4) is 0 Å². The third-order valence-corrected chi connectivity index (χ3v) is 3.65. The Labute approximate surface area is 101 Å². The fourth-order valence-corrected chi connectivity index (χ4v) is 2.45. The maximum Gasteiger partial charge on any atom is 0.138 e. The molecule has 4 heteroatoms. The first-order valence-electron chi connectivity index (χ1n) is 6.11. The van der Waals surface area contributed by atoms with Crippen molar-refractivity contribution in [3.63, 3.8) is 0 Å². The van der Waals surface area contributed by atoms with Crippen molar-refractivity contribution < 1.29 is 5.11 Å². The second-order valence-electron chi connectivity index (χ2n) is 4.82. The molecule has 3 rings (SSSR count). The van der Waals surface area contributed by atoms with E-state index >= 15 is 0 Å². The van der Waals surface area contributed by atoms with Gasteiger partial charge in [0.15, 0.2) is 0 Å². The topological polar surface area (TPSA) is 40.8 Å². The lowest BCUT2D eigenvalue weighted by molar-refractivity contribution is 0.102. The van der Waals surface area contributed by atoms with Crippen molar-refractivity contribution in [1.82, 2.24) is 9.38 Å². The molecule has 2 aromatic rings. The molecular weight excluding hydrogens is 214 g/mol. The van der Waals surface area contributed by atoms with E-state index in [1.54, 1.807) is 0 Å². The highest BCUT2D eigenvalue weighted by molar-refractivity contribution is 5.51. The van der Waals surface area contributed by atoms with Crippen molar-refractivity contribution in [2.45, 2.75) is 19.4 Å². The van der Waals surface area contributed by atoms with Crippen molar-refractivity contribution in [1.29, 1.82) is 0 Å². The monoisotopic (exact) mass is 231 g/mol. The van der Waals surface area contributed by atoms with E-state index < -0.39 is 0 Å². The molecule has 0 bridgehead atoms. The summed E-state index contributed by atoms with van der Waals surface area (Å²) in [6.07, 6.45) is 4.57. The van der Waals surface area contributed by atoms with E-state index in [1.165, 1.54) is 0 Å². The Bertz CT molecular complexity index is 522. The molecule has 2 unspecified atom stereocenters.